The van der Waals surface area contributed by atoms with Gasteiger partial charge in [0.2, 0.25) is 0 Å². The van der Waals surface area contributed by atoms with Crippen LogP contribution in [0.5, 0.6) is 0 Å². The minimum absolute atomic E-state index is 0.107. The molecule has 2 rings (SSSR count). The van der Waals surface area contributed by atoms with Crippen LogP contribution in [0.2, 0.25) is 0 Å². The summed E-state index contributed by atoms with van der Waals surface area (Å²) in [5.41, 5.74) is 1.57. The number of nitrogens with zero attached hydrogens (tertiary/aromatic N) is 1. The fourth-order valence-corrected chi connectivity index (χ4v) is 3.54. The molecule has 0 radical (unpaired) electrons. The lowest BCUT2D eigenvalue weighted by Gasteiger charge is -2.21. The number of aromatic nitrogens is 1. The summed E-state index contributed by atoms with van der Waals surface area (Å²) in [5.74, 6) is -1.71. The van der Waals surface area contributed by atoms with E-state index in [4.69, 9.17) is 14.2 Å². The van der Waals surface area contributed by atoms with Gasteiger partial charge in [0, 0.05) is 17.9 Å². The number of thiazole rings is 1. The summed E-state index contributed by atoms with van der Waals surface area (Å²) in [4.78, 5) is 40.8. The minimum Gasteiger partial charge on any atom is -0.460 e. The van der Waals surface area contributed by atoms with Gasteiger partial charge in [-0.1, -0.05) is 0 Å². The number of carbonyl (C=O) groups is 3. The maximum Gasteiger partial charge on any atom is 0.330 e. The van der Waals surface area contributed by atoms with Gasteiger partial charge < -0.3 is 19.3 Å². The van der Waals surface area contributed by atoms with Gasteiger partial charge in [0.15, 0.2) is 0 Å². The summed E-state index contributed by atoms with van der Waals surface area (Å²) in [5, 5.41) is 12.9. The summed E-state index contributed by atoms with van der Waals surface area (Å²) in [6, 6.07) is 0. The third-order valence-corrected chi connectivity index (χ3v) is 5.43. The molecule has 0 unspecified atom stereocenters. The molecule has 0 fully saturated rings. The van der Waals surface area contributed by atoms with E-state index in [1.54, 1.807) is 6.92 Å². The standard InChI is InChI=1S/C22H29NO7S/c1-13(10-17-12-31-16(4)23-17)19-6-5-7-20(25)29-15(3)18(24)8-9-21(26)28-14(2)11-22(27)30-19/h8-10,12,14-15,18-19,24H,5-7,11H2,1-4H3/b9-8+,13-10+/t14-,15-,18+,19-/m0/s1. The second-order valence-corrected chi connectivity index (χ2v) is 8.61. The van der Waals surface area contributed by atoms with Crippen molar-refractivity contribution in [1.82, 2.24) is 4.98 Å². The minimum atomic E-state index is -1.15. The van der Waals surface area contributed by atoms with Crippen molar-refractivity contribution >= 4 is 35.3 Å². The number of aliphatic hydroxyl groups is 1. The van der Waals surface area contributed by atoms with E-state index in [0.29, 0.717) is 12.8 Å². The largest absolute Gasteiger partial charge is 0.460 e. The molecule has 0 saturated heterocycles. The molecule has 0 saturated carbocycles. The predicted molar refractivity (Wildman–Crippen MR) is 115 cm³/mol. The number of aryl methyl sites for hydroxylation is 1. The molecule has 0 aliphatic carbocycles. The average Bonchev–Trinajstić information content (AvgIpc) is 3.08. The number of hydrogen-bond acceptors (Lipinski definition) is 9. The molecule has 170 valence electrons. The first kappa shape index (κ1) is 24.7. The molecule has 1 aliphatic rings. The van der Waals surface area contributed by atoms with E-state index in [0.717, 1.165) is 22.4 Å². The van der Waals surface area contributed by atoms with E-state index >= 15 is 0 Å². The molecule has 0 spiro atoms. The Morgan fingerprint density at radius 2 is 1.94 bits per heavy atom. The Balaban J connectivity index is 2.17. The summed E-state index contributed by atoms with van der Waals surface area (Å²) in [6.07, 6.45) is 1.72. The van der Waals surface area contributed by atoms with Crippen LogP contribution in [0.4, 0.5) is 0 Å². The highest BCUT2D eigenvalue weighted by molar-refractivity contribution is 7.09. The van der Waals surface area contributed by atoms with Crippen molar-refractivity contribution in [2.24, 2.45) is 0 Å². The summed E-state index contributed by atoms with van der Waals surface area (Å²) in [6.45, 7) is 6.88. The highest BCUT2D eigenvalue weighted by Gasteiger charge is 2.22. The van der Waals surface area contributed by atoms with Crippen molar-refractivity contribution in [1.29, 1.82) is 0 Å². The van der Waals surface area contributed by atoms with Gasteiger partial charge in [0.25, 0.3) is 0 Å². The summed E-state index contributed by atoms with van der Waals surface area (Å²) in [7, 11) is 0. The topological polar surface area (TPSA) is 112 Å². The van der Waals surface area contributed by atoms with Gasteiger partial charge in [0.1, 0.15) is 24.4 Å². The van der Waals surface area contributed by atoms with Crippen LogP contribution in [0.15, 0.2) is 23.1 Å². The van der Waals surface area contributed by atoms with Crippen molar-refractivity contribution in [2.75, 3.05) is 0 Å². The van der Waals surface area contributed by atoms with Crippen molar-refractivity contribution in [2.45, 2.75) is 77.8 Å². The first-order chi connectivity index (χ1) is 14.6. The van der Waals surface area contributed by atoms with Crippen molar-refractivity contribution in [3.63, 3.8) is 0 Å². The fourth-order valence-electron chi connectivity index (χ4n) is 2.97. The molecule has 9 heteroatoms. The number of esters is 3. The summed E-state index contributed by atoms with van der Waals surface area (Å²) < 4.78 is 16.0. The second-order valence-electron chi connectivity index (χ2n) is 7.55. The molecule has 2 heterocycles. The van der Waals surface area contributed by atoms with E-state index in [1.165, 1.54) is 24.3 Å². The van der Waals surface area contributed by atoms with E-state index in [-0.39, 0.29) is 12.8 Å². The molecule has 0 bridgehead atoms. The van der Waals surface area contributed by atoms with Crippen molar-refractivity contribution < 1.29 is 33.7 Å². The Hall–Kier alpha value is -2.52. The third kappa shape index (κ3) is 8.63. The zero-order valence-corrected chi connectivity index (χ0v) is 19.0. The van der Waals surface area contributed by atoms with Crippen LogP contribution >= 0.6 is 11.3 Å². The molecule has 31 heavy (non-hydrogen) atoms. The number of cyclic esters (lactones) is 3. The zero-order chi connectivity index (χ0) is 23.0. The van der Waals surface area contributed by atoms with Gasteiger partial charge in [0.05, 0.1) is 17.1 Å². The first-order valence-corrected chi connectivity index (χ1v) is 11.1. The Labute approximate surface area is 185 Å². The predicted octanol–water partition coefficient (Wildman–Crippen LogP) is 3.12. The van der Waals surface area contributed by atoms with Crippen LogP contribution in [-0.4, -0.2) is 52.4 Å². The highest BCUT2D eigenvalue weighted by Crippen LogP contribution is 2.20. The Kier molecular flexibility index (Phi) is 9.39. The molecule has 1 aromatic rings. The monoisotopic (exact) mass is 451 g/mol. The maximum absolute atomic E-state index is 12.4. The highest BCUT2D eigenvalue weighted by atomic mass is 32.1. The smallest absolute Gasteiger partial charge is 0.330 e. The first-order valence-electron chi connectivity index (χ1n) is 10.2. The van der Waals surface area contributed by atoms with E-state index in [2.05, 4.69) is 4.98 Å². The number of ether oxygens (including phenoxy) is 3. The van der Waals surface area contributed by atoms with E-state index in [9.17, 15) is 19.5 Å². The Bertz CT molecular complexity index is 845. The van der Waals surface area contributed by atoms with E-state index < -0.39 is 42.3 Å². The van der Waals surface area contributed by atoms with Crippen molar-refractivity contribution in [3.05, 3.63) is 33.8 Å². The van der Waals surface area contributed by atoms with Gasteiger partial charge in [-0.05, 0) is 58.3 Å². The molecular formula is C22H29NO7S. The van der Waals surface area contributed by atoms with Gasteiger partial charge in [-0.3, -0.25) is 9.59 Å². The van der Waals surface area contributed by atoms with Gasteiger partial charge >= 0.3 is 17.9 Å². The average molecular weight is 452 g/mol. The summed E-state index contributed by atoms with van der Waals surface area (Å²) >= 11 is 1.52. The lowest BCUT2D eigenvalue weighted by atomic mass is 10.0. The van der Waals surface area contributed by atoms with Crippen LogP contribution in [0.1, 0.15) is 57.2 Å². The van der Waals surface area contributed by atoms with Gasteiger partial charge in [-0.15, -0.1) is 11.3 Å². The quantitative estimate of drug-likeness (QED) is 0.539. The maximum atomic E-state index is 12.4. The second kappa shape index (κ2) is 11.8. The van der Waals surface area contributed by atoms with Crippen LogP contribution in [0, 0.1) is 6.92 Å². The van der Waals surface area contributed by atoms with Crippen LogP contribution in [-0.2, 0) is 28.6 Å². The molecule has 1 aliphatic heterocycles. The Morgan fingerprint density at radius 3 is 2.61 bits per heavy atom. The molecule has 1 N–H and O–H groups in total. The zero-order valence-electron chi connectivity index (χ0n) is 18.2. The molecule has 1 aromatic heterocycles. The number of aliphatic hydroxyl groups excluding tert-OH is 1. The molecule has 0 amide bonds. The SMILES string of the molecule is C/C(=C\c1csc(C)n1)[C@@H]1CCCC(=O)O[C@@H](C)[C@H](O)/C=C/C(=O)O[C@@H](C)CC(=O)O1. The van der Waals surface area contributed by atoms with Gasteiger partial charge in [-0.25, -0.2) is 9.78 Å². The van der Waals surface area contributed by atoms with E-state index in [1.807, 2.05) is 25.3 Å². The van der Waals surface area contributed by atoms with Crippen LogP contribution in [0.25, 0.3) is 6.08 Å². The lowest BCUT2D eigenvalue weighted by Crippen LogP contribution is -2.28. The molecule has 8 nitrogen and oxygen atoms in total. The normalized spacial score (nSPS) is 28.4. The van der Waals surface area contributed by atoms with Crippen molar-refractivity contribution in [3.8, 4) is 0 Å². The molecule has 4 atom stereocenters. The number of rotatable bonds is 2. The van der Waals surface area contributed by atoms with Crippen LogP contribution < -0.4 is 0 Å². The van der Waals surface area contributed by atoms with Gasteiger partial charge in [-0.2, -0.15) is 0 Å². The fraction of sp³-hybridized carbons (Fsp3) is 0.545. The lowest BCUT2D eigenvalue weighted by molar-refractivity contribution is -0.154. The Morgan fingerprint density at radius 1 is 1.19 bits per heavy atom. The molecule has 0 aromatic carbocycles. The number of hydrogen-bond donors (Lipinski definition) is 1. The van der Waals surface area contributed by atoms with Crippen LogP contribution in [0.3, 0.4) is 0 Å². The third-order valence-electron chi connectivity index (χ3n) is 4.64. The molecular weight excluding hydrogens is 422 g/mol. The number of carbonyl (C=O) groups excluding carboxylic acids is 3.